The first kappa shape index (κ1) is 15.6. The summed E-state index contributed by atoms with van der Waals surface area (Å²) in [6, 6.07) is 5.98. The second-order valence-corrected chi connectivity index (χ2v) is 6.97. The third kappa shape index (κ3) is 2.42. The maximum Gasteiger partial charge on any atom is 0.231 e. The molecule has 1 heterocycles. The number of amides is 1. The Bertz CT molecular complexity index is 737. The molecule has 2 aromatic rings. The Morgan fingerprint density at radius 1 is 1.35 bits per heavy atom. The van der Waals surface area contributed by atoms with Crippen LogP contribution in [0.5, 0.6) is 0 Å². The van der Waals surface area contributed by atoms with Gasteiger partial charge in [0.05, 0.1) is 11.5 Å². The van der Waals surface area contributed by atoms with Gasteiger partial charge in [-0.05, 0) is 36.5 Å². The van der Waals surface area contributed by atoms with Crippen molar-refractivity contribution in [3.8, 4) is 0 Å². The van der Waals surface area contributed by atoms with Crippen LogP contribution in [-0.2, 0) is 17.3 Å². The lowest BCUT2D eigenvalue weighted by Crippen LogP contribution is -2.39. The van der Waals surface area contributed by atoms with Crippen molar-refractivity contribution in [2.45, 2.75) is 38.6 Å². The van der Waals surface area contributed by atoms with E-state index in [1.54, 1.807) is 23.0 Å². The van der Waals surface area contributed by atoms with Crippen molar-refractivity contribution >= 4 is 5.91 Å². The lowest BCUT2D eigenvalue weighted by atomic mass is 9.86. The summed E-state index contributed by atoms with van der Waals surface area (Å²) in [6.45, 7) is 6.00. The molecule has 3 rings (SSSR count). The molecular weight excluding hydrogens is 295 g/mol. The van der Waals surface area contributed by atoms with Gasteiger partial charge in [-0.15, -0.1) is 10.2 Å². The van der Waals surface area contributed by atoms with Gasteiger partial charge in [-0.2, -0.15) is 0 Å². The highest BCUT2D eigenvalue weighted by molar-refractivity contribution is 5.93. The van der Waals surface area contributed by atoms with Gasteiger partial charge < -0.3 is 9.88 Å². The summed E-state index contributed by atoms with van der Waals surface area (Å²) in [5.41, 5.74) is 0.0776. The van der Waals surface area contributed by atoms with Crippen LogP contribution in [-0.4, -0.2) is 20.7 Å². The molecule has 0 bridgehead atoms. The van der Waals surface area contributed by atoms with E-state index in [1.165, 1.54) is 12.1 Å². The molecule has 1 aromatic heterocycles. The Labute approximate surface area is 134 Å². The third-order valence-corrected chi connectivity index (χ3v) is 4.94. The van der Waals surface area contributed by atoms with Crippen LogP contribution in [0.3, 0.4) is 0 Å². The zero-order chi connectivity index (χ0) is 16.8. The number of carbonyl (C=O) groups excluding carboxylic acids is 1. The zero-order valence-corrected chi connectivity index (χ0v) is 13.8. The summed E-state index contributed by atoms with van der Waals surface area (Å²) in [7, 11) is 1.84. The number of carbonyl (C=O) groups is 1. The van der Waals surface area contributed by atoms with Crippen molar-refractivity contribution in [2.75, 3.05) is 0 Å². The molecule has 1 fully saturated rings. The quantitative estimate of drug-likeness (QED) is 0.943. The smallest absolute Gasteiger partial charge is 0.231 e. The number of aromatic nitrogens is 3. The molecule has 2 unspecified atom stereocenters. The molecule has 23 heavy (non-hydrogen) atoms. The van der Waals surface area contributed by atoms with Crippen molar-refractivity contribution in [3.05, 3.63) is 47.8 Å². The fourth-order valence-electron chi connectivity index (χ4n) is 3.43. The maximum absolute atomic E-state index is 13.2. The third-order valence-electron chi connectivity index (χ3n) is 4.94. The van der Waals surface area contributed by atoms with E-state index in [-0.39, 0.29) is 23.2 Å². The number of rotatable bonds is 4. The van der Waals surface area contributed by atoms with Crippen LogP contribution in [0.2, 0.25) is 0 Å². The summed E-state index contributed by atoms with van der Waals surface area (Å²) in [5, 5.41) is 10.9. The van der Waals surface area contributed by atoms with Crippen LogP contribution < -0.4 is 5.32 Å². The Morgan fingerprint density at radius 2 is 1.96 bits per heavy atom. The molecule has 5 nitrogen and oxygen atoms in total. The van der Waals surface area contributed by atoms with E-state index in [2.05, 4.69) is 29.4 Å². The summed E-state index contributed by atoms with van der Waals surface area (Å²) in [4.78, 5) is 13.0. The van der Waals surface area contributed by atoms with Crippen molar-refractivity contribution in [2.24, 2.45) is 12.5 Å². The fraction of sp³-hybridized carbons (Fsp3) is 0.471. The van der Waals surface area contributed by atoms with Gasteiger partial charge in [0.25, 0.3) is 0 Å². The fourth-order valence-corrected chi connectivity index (χ4v) is 3.43. The molecule has 122 valence electrons. The SMILES string of the molecule is CC(NC(=O)C1(c2ccc(F)cc2)CC1(C)C)c1nncn1C. The molecule has 0 saturated heterocycles. The molecular formula is C17H21FN4O. The Hall–Kier alpha value is -2.24. The molecule has 0 radical (unpaired) electrons. The van der Waals surface area contributed by atoms with E-state index in [4.69, 9.17) is 0 Å². The molecule has 1 aromatic carbocycles. The van der Waals surface area contributed by atoms with E-state index in [9.17, 15) is 9.18 Å². The van der Waals surface area contributed by atoms with Crippen LogP contribution in [0.4, 0.5) is 4.39 Å². The first-order valence-corrected chi connectivity index (χ1v) is 7.69. The molecule has 6 heteroatoms. The summed E-state index contributed by atoms with van der Waals surface area (Å²) >= 11 is 0. The van der Waals surface area contributed by atoms with Crippen LogP contribution in [0.15, 0.2) is 30.6 Å². The van der Waals surface area contributed by atoms with Crippen molar-refractivity contribution in [1.29, 1.82) is 0 Å². The minimum Gasteiger partial charge on any atom is -0.346 e. The van der Waals surface area contributed by atoms with E-state index < -0.39 is 5.41 Å². The molecule has 2 atom stereocenters. The Balaban J connectivity index is 1.86. The van der Waals surface area contributed by atoms with E-state index in [1.807, 2.05) is 14.0 Å². The van der Waals surface area contributed by atoms with Crippen molar-refractivity contribution in [1.82, 2.24) is 20.1 Å². The minimum atomic E-state index is -0.618. The highest BCUT2D eigenvalue weighted by atomic mass is 19.1. The van der Waals surface area contributed by atoms with Gasteiger partial charge in [-0.1, -0.05) is 26.0 Å². The first-order chi connectivity index (χ1) is 10.8. The van der Waals surface area contributed by atoms with E-state index >= 15 is 0 Å². The van der Waals surface area contributed by atoms with Gasteiger partial charge in [0, 0.05) is 7.05 Å². The highest BCUT2D eigenvalue weighted by Crippen LogP contribution is 2.64. The topological polar surface area (TPSA) is 59.8 Å². The van der Waals surface area contributed by atoms with Gasteiger partial charge >= 0.3 is 0 Å². The Kier molecular flexibility index (Phi) is 3.50. The molecule has 1 saturated carbocycles. The average Bonchev–Trinajstić information content (AvgIpc) is 2.85. The van der Waals surface area contributed by atoms with Gasteiger partial charge in [0.1, 0.15) is 12.1 Å². The van der Waals surface area contributed by atoms with Gasteiger partial charge in [-0.25, -0.2) is 4.39 Å². The van der Waals surface area contributed by atoms with Crippen LogP contribution >= 0.6 is 0 Å². The largest absolute Gasteiger partial charge is 0.346 e. The van der Waals surface area contributed by atoms with Crippen LogP contribution in [0, 0.1) is 11.2 Å². The second-order valence-electron chi connectivity index (χ2n) is 6.97. The minimum absolute atomic E-state index is 0.0513. The number of aryl methyl sites for hydroxylation is 1. The maximum atomic E-state index is 13.2. The highest BCUT2D eigenvalue weighted by Gasteiger charge is 2.67. The first-order valence-electron chi connectivity index (χ1n) is 7.69. The lowest BCUT2D eigenvalue weighted by Gasteiger charge is -2.23. The average molecular weight is 316 g/mol. The molecule has 0 spiro atoms. The molecule has 1 amide bonds. The predicted octanol–water partition coefficient (Wildman–Crippen LogP) is 2.50. The summed E-state index contributed by atoms with van der Waals surface area (Å²) in [6.07, 6.45) is 2.35. The number of hydrogen-bond acceptors (Lipinski definition) is 3. The van der Waals surface area contributed by atoms with E-state index in [0.717, 1.165) is 12.0 Å². The second kappa shape index (κ2) is 5.15. The number of hydrogen-bond donors (Lipinski definition) is 1. The standard InChI is InChI=1S/C17H21FN4O/c1-11(14-21-19-10-22(14)4)20-15(23)17(9-16(17,2)3)12-5-7-13(18)8-6-12/h5-8,10-11H,9H2,1-4H3,(H,20,23). The van der Waals surface area contributed by atoms with Crippen LogP contribution in [0.25, 0.3) is 0 Å². The number of halogens is 1. The van der Waals surface area contributed by atoms with Crippen molar-refractivity contribution < 1.29 is 9.18 Å². The molecule has 1 N–H and O–H groups in total. The molecule has 1 aliphatic rings. The van der Waals surface area contributed by atoms with Gasteiger partial charge in [0.2, 0.25) is 5.91 Å². The van der Waals surface area contributed by atoms with Crippen LogP contribution in [0.1, 0.15) is 44.6 Å². The lowest BCUT2D eigenvalue weighted by molar-refractivity contribution is -0.125. The number of nitrogens with one attached hydrogen (secondary N) is 1. The Morgan fingerprint density at radius 3 is 2.43 bits per heavy atom. The molecule has 0 aliphatic heterocycles. The number of benzene rings is 1. The van der Waals surface area contributed by atoms with E-state index in [0.29, 0.717) is 5.82 Å². The monoisotopic (exact) mass is 316 g/mol. The zero-order valence-electron chi connectivity index (χ0n) is 13.8. The normalized spacial score (nSPS) is 23.3. The number of nitrogens with zero attached hydrogens (tertiary/aromatic N) is 3. The van der Waals surface area contributed by atoms with Gasteiger partial charge in [0.15, 0.2) is 5.82 Å². The molecule has 1 aliphatic carbocycles. The summed E-state index contributed by atoms with van der Waals surface area (Å²) in [5.74, 6) is 0.353. The van der Waals surface area contributed by atoms with Gasteiger partial charge in [-0.3, -0.25) is 4.79 Å². The summed E-state index contributed by atoms with van der Waals surface area (Å²) < 4.78 is 15.0. The predicted molar refractivity (Wildman–Crippen MR) is 84.0 cm³/mol. The van der Waals surface area contributed by atoms with Crippen molar-refractivity contribution in [3.63, 3.8) is 0 Å².